The Bertz CT molecular complexity index is 721. The van der Waals surface area contributed by atoms with E-state index in [9.17, 15) is 19.5 Å². The predicted octanol–water partition coefficient (Wildman–Crippen LogP) is 3.06. The van der Waals surface area contributed by atoms with Crippen molar-refractivity contribution in [2.45, 2.75) is 45.8 Å². The molecule has 0 bridgehead atoms. The number of benzene rings is 1. The van der Waals surface area contributed by atoms with Crippen LogP contribution in [0.4, 0.5) is 4.79 Å². The Labute approximate surface area is 163 Å². The smallest absolute Gasteiger partial charge is 0.410 e. The molecular formula is C19H25ClN2O5. The summed E-state index contributed by atoms with van der Waals surface area (Å²) in [6.07, 6.45) is -0.454. The number of hydrogen-bond acceptors (Lipinski definition) is 4. The number of halogens is 1. The van der Waals surface area contributed by atoms with Crippen LogP contribution in [0.1, 0.15) is 39.2 Å². The van der Waals surface area contributed by atoms with E-state index in [0.29, 0.717) is 10.6 Å². The number of piperidine rings is 1. The molecule has 0 unspecified atom stereocenters. The molecule has 0 aliphatic carbocycles. The van der Waals surface area contributed by atoms with Crippen LogP contribution >= 0.6 is 11.6 Å². The van der Waals surface area contributed by atoms with Crippen molar-refractivity contribution < 1.29 is 24.2 Å². The van der Waals surface area contributed by atoms with Gasteiger partial charge in [0, 0.05) is 24.7 Å². The van der Waals surface area contributed by atoms with E-state index >= 15 is 0 Å². The molecule has 2 rings (SSSR count). The molecule has 0 aromatic heterocycles. The highest BCUT2D eigenvalue weighted by Crippen LogP contribution is 2.33. The van der Waals surface area contributed by atoms with Crippen LogP contribution in [-0.2, 0) is 20.9 Å². The van der Waals surface area contributed by atoms with Crippen LogP contribution in [0.15, 0.2) is 24.3 Å². The van der Waals surface area contributed by atoms with Gasteiger partial charge in [-0.3, -0.25) is 9.59 Å². The van der Waals surface area contributed by atoms with Gasteiger partial charge in [0.25, 0.3) is 0 Å². The molecule has 0 spiro atoms. The number of likely N-dealkylation sites (tertiary alicyclic amines) is 1. The zero-order valence-corrected chi connectivity index (χ0v) is 16.5. The van der Waals surface area contributed by atoms with Crippen LogP contribution in [0.3, 0.4) is 0 Å². The lowest BCUT2D eigenvalue weighted by Crippen LogP contribution is -2.54. The summed E-state index contributed by atoms with van der Waals surface area (Å²) < 4.78 is 5.31. The molecule has 1 aliphatic rings. The average molecular weight is 397 g/mol. The number of carboxylic acid groups (broad SMARTS) is 1. The molecule has 0 radical (unpaired) electrons. The average Bonchev–Trinajstić information content (AvgIpc) is 2.59. The maximum Gasteiger partial charge on any atom is 0.410 e. The first-order chi connectivity index (χ1) is 12.5. The quantitative estimate of drug-likeness (QED) is 0.762. The van der Waals surface area contributed by atoms with Crippen molar-refractivity contribution in [3.8, 4) is 0 Å². The van der Waals surface area contributed by atoms with Crippen LogP contribution in [-0.4, -0.2) is 46.7 Å². The first kappa shape index (κ1) is 21.0. The van der Waals surface area contributed by atoms with Crippen molar-refractivity contribution in [1.82, 2.24) is 10.2 Å². The Balaban J connectivity index is 2.02. The van der Waals surface area contributed by atoms with Gasteiger partial charge in [0.2, 0.25) is 5.91 Å². The maximum absolute atomic E-state index is 12.7. The molecule has 1 aliphatic heterocycles. The fourth-order valence-electron chi connectivity index (χ4n) is 2.92. The van der Waals surface area contributed by atoms with Crippen molar-refractivity contribution in [1.29, 1.82) is 0 Å². The molecule has 8 heteroatoms. The molecule has 1 aromatic carbocycles. The number of amides is 2. The first-order valence-corrected chi connectivity index (χ1v) is 9.16. The van der Waals surface area contributed by atoms with E-state index in [2.05, 4.69) is 5.32 Å². The number of carboxylic acids is 1. The summed E-state index contributed by atoms with van der Waals surface area (Å²) in [4.78, 5) is 38.2. The number of hydrogen-bond donors (Lipinski definition) is 2. The normalized spacial score (nSPS) is 16.5. The minimum Gasteiger partial charge on any atom is -0.480 e. The molecule has 1 fully saturated rings. The monoisotopic (exact) mass is 396 g/mol. The van der Waals surface area contributed by atoms with Crippen molar-refractivity contribution in [3.63, 3.8) is 0 Å². The van der Waals surface area contributed by atoms with Gasteiger partial charge < -0.3 is 20.1 Å². The first-order valence-electron chi connectivity index (χ1n) is 8.78. The third kappa shape index (κ3) is 5.13. The SMILES string of the molecule is CC(C)(C)OC(=O)N1CCC(C(=O)O)(C(=O)NCc2ccccc2Cl)CC1. The highest BCUT2D eigenvalue weighted by molar-refractivity contribution is 6.31. The van der Waals surface area contributed by atoms with Crippen LogP contribution in [0, 0.1) is 5.41 Å². The summed E-state index contributed by atoms with van der Waals surface area (Å²) in [5, 5.41) is 12.9. The van der Waals surface area contributed by atoms with Gasteiger partial charge in [0.15, 0.2) is 0 Å². The molecule has 0 atom stereocenters. The fraction of sp³-hybridized carbons (Fsp3) is 0.526. The highest BCUT2D eigenvalue weighted by Gasteiger charge is 2.49. The molecule has 148 valence electrons. The predicted molar refractivity (Wildman–Crippen MR) is 100 cm³/mol. The number of ether oxygens (including phenoxy) is 1. The van der Waals surface area contributed by atoms with E-state index < -0.39 is 29.0 Å². The summed E-state index contributed by atoms with van der Waals surface area (Å²) in [7, 11) is 0. The largest absolute Gasteiger partial charge is 0.480 e. The van der Waals surface area contributed by atoms with Crippen molar-refractivity contribution in [2.24, 2.45) is 5.41 Å². The number of carbonyl (C=O) groups is 3. The van der Waals surface area contributed by atoms with E-state index in [4.69, 9.17) is 16.3 Å². The minimum atomic E-state index is -1.57. The lowest BCUT2D eigenvalue weighted by Gasteiger charge is -2.38. The van der Waals surface area contributed by atoms with E-state index in [1.807, 2.05) is 0 Å². The summed E-state index contributed by atoms with van der Waals surface area (Å²) >= 11 is 6.07. The Morgan fingerprint density at radius 1 is 1.22 bits per heavy atom. The molecule has 1 saturated heterocycles. The van der Waals surface area contributed by atoms with Crippen LogP contribution in [0.2, 0.25) is 5.02 Å². The van der Waals surface area contributed by atoms with Gasteiger partial charge >= 0.3 is 12.1 Å². The number of nitrogens with zero attached hydrogens (tertiary/aromatic N) is 1. The molecule has 1 heterocycles. The number of nitrogens with one attached hydrogen (secondary N) is 1. The van der Waals surface area contributed by atoms with E-state index in [1.165, 1.54) is 4.90 Å². The summed E-state index contributed by atoms with van der Waals surface area (Å²) in [6.45, 7) is 5.71. The Kier molecular flexibility index (Phi) is 6.36. The van der Waals surface area contributed by atoms with Crippen molar-refractivity contribution in [3.05, 3.63) is 34.9 Å². The third-order valence-electron chi connectivity index (χ3n) is 4.51. The second-order valence-corrected chi connectivity index (χ2v) is 8.04. The van der Waals surface area contributed by atoms with Gasteiger partial charge in [0.05, 0.1) is 0 Å². The molecule has 27 heavy (non-hydrogen) atoms. The van der Waals surface area contributed by atoms with Gasteiger partial charge in [-0.15, -0.1) is 0 Å². The van der Waals surface area contributed by atoms with Crippen LogP contribution in [0.25, 0.3) is 0 Å². The Morgan fingerprint density at radius 2 is 1.81 bits per heavy atom. The number of carbonyl (C=O) groups excluding carboxylic acids is 2. The molecule has 0 saturated carbocycles. The van der Waals surface area contributed by atoms with Gasteiger partial charge in [0.1, 0.15) is 11.0 Å². The van der Waals surface area contributed by atoms with Crippen molar-refractivity contribution >= 4 is 29.6 Å². The molecular weight excluding hydrogens is 372 g/mol. The van der Waals surface area contributed by atoms with Crippen molar-refractivity contribution in [2.75, 3.05) is 13.1 Å². The highest BCUT2D eigenvalue weighted by atomic mass is 35.5. The zero-order valence-electron chi connectivity index (χ0n) is 15.8. The van der Waals surface area contributed by atoms with Gasteiger partial charge in [-0.2, -0.15) is 0 Å². The van der Waals surface area contributed by atoms with Gasteiger partial charge in [-0.05, 0) is 45.2 Å². The van der Waals surface area contributed by atoms with Gasteiger partial charge in [-0.1, -0.05) is 29.8 Å². The van der Waals surface area contributed by atoms with Crippen LogP contribution in [0.5, 0.6) is 0 Å². The topological polar surface area (TPSA) is 95.9 Å². The van der Waals surface area contributed by atoms with Crippen LogP contribution < -0.4 is 5.32 Å². The Hall–Kier alpha value is -2.28. The molecule has 2 amide bonds. The van der Waals surface area contributed by atoms with E-state index in [1.54, 1.807) is 45.0 Å². The van der Waals surface area contributed by atoms with Gasteiger partial charge in [-0.25, -0.2) is 4.79 Å². The summed E-state index contributed by atoms with van der Waals surface area (Å²) in [5.74, 6) is -1.76. The Morgan fingerprint density at radius 3 is 2.33 bits per heavy atom. The van der Waals surface area contributed by atoms with E-state index in [0.717, 1.165) is 0 Å². The third-order valence-corrected chi connectivity index (χ3v) is 4.88. The maximum atomic E-state index is 12.7. The lowest BCUT2D eigenvalue weighted by molar-refractivity contribution is -0.159. The number of aliphatic carboxylic acids is 1. The fourth-order valence-corrected chi connectivity index (χ4v) is 3.12. The summed E-state index contributed by atoms with van der Waals surface area (Å²) in [5.41, 5.74) is -1.50. The molecule has 7 nitrogen and oxygen atoms in total. The molecule has 2 N–H and O–H groups in total. The zero-order chi connectivity index (χ0) is 20.2. The lowest BCUT2D eigenvalue weighted by atomic mass is 9.77. The second kappa shape index (κ2) is 8.17. The second-order valence-electron chi connectivity index (χ2n) is 7.63. The molecule has 1 aromatic rings. The van der Waals surface area contributed by atoms with E-state index in [-0.39, 0.29) is 32.5 Å². The number of rotatable bonds is 4. The summed E-state index contributed by atoms with van der Waals surface area (Å²) in [6, 6.07) is 7.04. The minimum absolute atomic E-state index is 0.0237. The standard InChI is InChI=1S/C19H25ClN2O5/c1-18(2,3)27-17(26)22-10-8-19(9-11-22,16(24)25)15(23)21-12-13-6-4-5-7-14(13)20/h4-7H,8-12H2,1-3H3,(H,21,23)(H,24,25).